The van der Waals surface area contributed by atoms with Gasteiger partial charge in [0, 0.05) is 6.04 Å². The zero-order valence-corrected chi connectivity index (χ0v) is 9.94. The molecule has 1 aliphatic rings. The molecule has 1 N–H and O–H groups in total. The number of carbonyl (C=O) groups excluding carboxylic acids is 1. The van der Waals surface area contributed by atoms with Gasteiger partial charge in [-0.05, 0) is 37.3 Å². The van der Waals surface area contributed by atoms with Crippen LogP contribution in [-0.4, -0.2) is 22.1 Å². The highest BCUT2D eigenvalue weighted by Crippen LogP contribution is 2.29. The second kappa shape index (κ2) is 4.45. The minimum atomic E-state index is -0.168. The number of hydrogen-bond acceptors (Lipinski definition) is 4. The van der Waals surface area contributed by atoms with Gasteiger partial charge in [0.2, 0.25) is 9.47 Å². The lowest BCUT2D eigenvalue weighted by Crippen LogP contribution is -2.40. The fraction of sp³-hybridized carbons (Fsp3) is 0.667. The predicted octanol–water partition coefficient (Wildman–Crippen LogP) is 2.11. The lowest BCUT2D eigenvalue weighted by Gasteiger charge is -2.31. The molecule has 1 unspecified atom stereocenters. The molecule has 1 amide bonds. The Morgan fingerprint density at radius 2 is 2.33 bits per heavy atom. The number of nitrogens with one attached hydrogen (secondary N) is 1. The zero-order valence-electron chi connectivity index (χ0n) is 8.36. The van der Waals surface area contributed by atoms with Crippen LogP contribution in [0, 0.1) is 5.92 Å². The van der Waals surface area contributed by atoms with Crippen LogP contribution in [0.1, 0.15) is 36.0 Å². The van der Waals surface area contributed by atoms with Gasteiger partial charge in [0.1, 0.15) is 0 Å². The molecule has 0 spiro atoms. The van der Waals surface area contributed by atoms with Gasteiger partial charge in [-0.1, -0.05) is 17.8 Å². The summed E-state index contributed by atoms with van der Waals surface area (Å²) >= 11 is 6.71. The molecule has 1 heterocycles. The Kier molecular flexibility index (Phi) is 3.21. The van der Waals surface area contributed by atoms with Crippen LogP contribution in [0.5, 0.6) is 0 Å². The van der Waals surface area contributed by atoms with Crippen molar-refractivity contribution in [3.05, 3.63) is 9.47 Å². The number of halogens is 1. The summed E-state index contributed by atoms with van der Waals surface area (Å²) < 4.78 is 0.302. The largest absolute Gasteiger partial charge is 0.347 e. The maximum absolute atomic E-state index is 11.7. The topological polar surface area (TPSA) is 54.9 Å². The van der Waals surface area contributed by atoms with Gasteiger partial charge < -0.3 is 5.32 Å². The zero-order chi connectivity index (χ0) is 10.8. The summed E-state index contributed by atoms with van der Waals surface area (Å²) in [6, 6.07) is 0.217. The summed E-state index contributed by atoms with van der Waals surface area (Å²) in [7, 11) is 0. The minimum Gasteiger partial charge on any atom is -0.347 e. The Labute approximate surface area is 97.0 Å². The van der Waals surface area contributed by atoms with Crippen molar-refractivity contribution in [1.82, 2.24) is 15.5 Å². The van der Waals surface area contributed by atoms with Crippen molar-refractivity contribution in [2.45, 2.75) is 32.2 Å². The summed E-state index contributed by atoms with van der Waals surface area (Å²) in [5, 5.41) is 10.6. The first-order chi connectivity index (χ1) is 7.16. The smallest absolute Gasteiger partial charge is 0.282 e. The summed E-state index contributed by atoms with van der Waals surface area (Å²) in [5.41, 5.74) is 0. The molecular formula is C9H12ClN3OS. The Balaban J connectivity index is 1.91. The van der Waals surface area contributed by atoms with Gasteiger partial charge in [-0.15, -0.1) is 10.2 Å². The van der Waals surface area contributed by atoms with E-state index in [1.54, 1.807) is 0 Å². The lowest BCUT2D eigenvalue weighted by atomic mass is 9.80. The molecule has 1 aromatic heterocycles. The molecule has 1 atom stereocenters. The molecule has 0 aromatic carbocycles. The maximum Gasteiger partial charge on any atom is 0.282 e. The summed E-state index contributed by atoms with van der Waals surface area (Å²) in [5.74, 6) is 0.455. The number of carbonyl (C=O) groups is 1. The molecule has 0 saturated heterocycles. The highest BCUT2D eigenvalue weighted by molar-refractivity contribution is 7.17. The maximum atomic E-state index is 11.7. The number of amides is 1. The first-order valence-electron chi connectivity index (χ1n) is 4.96. The van der Waals surface area contributed by atoms with Crippen LogP contribution < -0.4 is 5.32 Å². The van der Waals surface area contributed by atoms with Crippen molar-refractivity contribution in [3.63, 3.8) is 0 Å². The summed E-state index contributed by atoms with van der Waals surface area (Å²) in [6.45, 7) is 2.03. The number of hydrogen-bond donors (Lipinski definition) is 1. The van der Waals surface area contributed by atoms with E-state index in [1.807, 2.05) is 6.92 Å². The van der Waals surface area contributed by atoms with E-state index in [2.05, 4.69) is 15.5 Å². The van der Waals surface area contributed by atoms with E-state index in [9.17, 15) is 4.79 Å². The third-order valence-electron chi connectivity index (χ3n) is 2.81. The summed E-state index contributed by atoms with van der Waals surface area (Å²) in [6.07, 6.45) is 3.69. The van der Waals surface area contributed by atoms with E-state index in [-0.39, 0.29) is 11.9 Å². The molecule has 1 saturated carbocycles. The van der Waals surface area contributed by atoms with Crippen LogP contribution >= 0.6 is 22.9 Å². The number of nitrogens with zero attached hydrogens (tertiary/aromatic N) is 2. The Hall–Kier alpha value is -0.680. The molecule has 15 heavy (non-hydrogen) atoms. The van der Waals surface area contributed by atoms with Crippen molar-refractivity contribution in [2.24, 2.45) is 5.92 Å². The molecule has 82 valence electrons. The van der Waals surface area contributed by atoms with Gasteiger partial charge in [-0.25, -0.2) is 0 Å². The second-order valence-corrected chi connectivity index (χ2v) is 5.37. The van der Waals surface area contributed by atoms with Crippen molar-refractivity contribution in [1.29, 1.82) is 0 Å². The van der Waals surface area contributed by atoms with Crippen LogP contribution in [0.15, 0.2) is 0 Å². The van der Waals surface area contributed by atoms with Gasteiger partial charge in [0.25, 0.3) is 5.91 Å². The van der Waals surface area contributed by atoms with Crippen molar-refractivity contribution < 1.29 is 4.79 Å². The Morgan fingerprint density at radius 3 is 2.80 bits per heavy atom. The monoisotopic (exact) mass is 245 g/mol. The van der Waals surface area contributed by atoms with Crippen LogP contribution in [0.25, 0.3) is 0 Å². The highest BCUT2D eigenvalue weighted by atomic mass is 35.5. The van der Waals surface area contributed by atoms with Gasteiger partial charge in [0.05, 0.1) is 0 Å². The first kappa shape index (κ1) is 10.8. The second-order valence-electron chi connectivity index (χ2n) is 3.81. The van der Waals surface area contributed by atoms with E-state index < -0.39 is 0 Å². The molecule has 0 radical (unpaired) electrons. The summed E-state index contributed by atoms with van der Waals surface area (Å²) in [4.78, 5) is 11.7. The van der Waals surface area contributed by atoms with E-state index in [4.69, 9.17) is 11.6 Å². The normalized spacial score (nSPS) is 18.3. The third kappa shape index (κ3) is 2.46. The van der Waals surface area contributed by atoms with Gasteiger partial charge in [0.15, 0.2) is 0 Å². The van der Waals surface area contributed by atoms with Crippen LogP contribution in [0.4, 0.5) is 0 Å². The molecule has 6 heteroatoms. The van der Waals surface area contributed by atoms with Crippen LogP contribution in [0.2, 0.25) is 4.47 Å². The molecule has 1 aromatic rings. The highest BCUT2D eigenvalue weighted by Gasteiger charge is 2.26. The molecule has 0 aliphatic heterocycles. The average Bonchev–Trinajstić information content (AvgIpc) is 2.48. The number of aromatic nitrogens is 2. The third-order valence-corrected chi connectivity index (χ3v) is 3.83. The van der Waals surface area contributed by atoms with Crippen molar-refractivity contribution in [3.8, 4) is 0 Å². The lowest BCUT2D eigenvalue weighted by molar-refractivity contribution is 0.0908. The van der Waals surface area contributed by atoms with Crippen LogP contribution in [0.3, 0.4) is 0 Å². The van der Waals surface area contributed by atoms with Crippen LogP contribution in [-0.2, 0) is 0 Å². The van der Waals surface area contributed by atoms with Gasteiger partial charge in [-0.3, -0.25) is 4.79 Å². The van der Waals surface area contributed by atoms with Crippen molar-refractivity contribution in [2.75, 3.05) is 0 Å². The molecule has 1 aliphatic carbocycles. The molecular weight excluding hydrogens is 234 g/mol. The average molecular weight is 246 g/mol. The molecule has 4 nitrogen and oxygen atoms in total. The quantitative estimate of drug-likeness (QED) is 0.888. The van der Waals surface area contributed by atoms with Gasteiger partial charge >= 0.3 is 0 Å². The fourth-order valence-corrected chi connectivity index (χ4v) is 2.35. The predicted molar refractivity (Wildman–Crippen MR) is 59.2 cm³/mol. The minimum absolute atomic E-state index is 0.168. The molecule has 0 bridgehead atoms. The van der Waals surface area contributed by atoms with E-state index in [0.29, 0.717) is 15.4 Å². The van der Waals surface area contributed by atoms with E-state index in [1.165, 1.54) is 19.3 Å². The van der Waals surface area contributed by atoms with E-state index in [0.717, 1.165) is 11.3 Å². The van der Waals surface area contributed by atoms with E-state index >= 15 is 0 Å². The fourth-order valence-electron chi connectivity index (χ4n) is 1.62. The molecule has 1 fully saturated rings. The SMILES string of the molecule is CC(NC(=O)c1nnc(Cl)s1)C1CCC1. The van der Waals surface area contributed by atoms with Gasteiger partial charge in [-0.2, -0.15) is 0 Å². The number of rotatable bonds is 3. The first-order valence-corrected chi connectivity index (χ1v) is 6.16. The van der Waals surface area contributed by atoms with Crippen molar-refractivity contribution >= 4 is 28.8 Å². The Morgan fingerprint density at radius 1 is 1.60 bits per heavy atom. The molecule has 2 rings (SSSR count). The Bertz CT molecular complexity index is 364. The standard InChI is InChI=1S/C9H12ClN3OS/c1-5(6-3-2-4-6)11-7(14)8-12-13-9(10)15-8/h5-6H,2-4H2,1H3,(H,11,14).